The van der Waals surface area contributed by atoms with Gasteiger partial charge in [-0.2, -0.15) is 0 Å². The molecule has 2 aromatic heterocycles. The van der Waals surface area contributed by atoms with Gasteiger partial charge in [-0.1, -0.05) is 31.6 Å². The van der Waals surface area contributed by atoms with Gasteiger partial charge in [0, 0.05) is 0 Å². The van der Waals surface area contributed by atoms with Gasteiger partial charge in [0.05, 0.1) is 11.9 Å². The van der Waals surface area contributed by atoms with E-state index < -0.39 is 8.07 Å². The number of hydrogen-bond acceptors (Lipinski definition) is 2. The molecule has 2 aromatic rings. The van der Waals surface area contributed by atoms with Crippen LogP contribution in [0.5, 0.6) is 0 Å². The highest BCUT2D eigenvalue weighted by Gasteiger charge is 2.09. The second-order valence-electron chi connectivity index (χ2n) is 4.91. The SMILES string of the molecule is C[Si](C)(C)C#Cc1cccc2ncc(C=O)n12. The lowest BCUT2D eigenvalue weighted by Gasteiger charge is -2.04. The van der Waals surface area contributed by atoms with Gasteiger partial charge in [-0.3, -0.25) is 9.20 Å². The highest BCUT2D eigenvalue weighted by Crippen LogP contribution is 2.09. The van der Waals surface area contributed by atoms with Gasteiger partial charge in [-0.15, -0.1) is 5.54 Å². The zero-order valence-electron chi connectivity index (χ0n) is 10.2. The largest absolute Gasteiger partial charge is 0.296 e. The third-order valence-electron chi connectivity index (χ3n) is 2.24. The first-order valence-electron chi connectivity index (χ1n) is 5.46. The molecule has 0 aliphatic heterocycles. The molecule has 4 heteroatoms. The topological polar surface area (TPSA) is 34.4 Å². The number of aldehydes is 1. The molecule has 2 heterocycles. The van der Waals surface area contributed by atoms with Gasteiger partial charge < -0.3 is 0 Å². The second-order valence-corrected chi connectivity index (χ2v) is 9.66. The van der Waals surface area contributed by atoms with Crippen LogP contribution in [0.3, 0.4) is 0 Å². The number of carbonyl (C=O) groups is 1. The minimum atomic E-state index is -1.42. The molecule has 0 aliphatic rings. The van der Waals surface area contributed by atoms with Crippen LogP contribution in [0.15, 0.2) is 24.4 Å². The molecule has 0 unspecified atom stereocenters. The number of fused-ring (bicyclic) bond motifs is 1. The molecule has 3 nitrogen and oxygen atoms in total. The third kappa shape index (κ3) is 2.45. The molecule has 17 heavy (non-hydrogen) atoms. The Kier molecular flexibility index (Phi) is 2.86. The lowest BCUT2D eigenvalue weighted by molar-refractivity contribution is 0.111. The summed E-state index contributed by atoms with van der Waals surface area (Å²) in [4.78, 5) is 15.1. The van der Waals surface area contributed by atoms with Crippen LogP contribution in [0, 0.1) is 11.5 Å². The lowest BCUT2D eigenvalue weighted by atomic mass is 10.3. The standard InChI is InChI=1S/C13H14N2OSi/c1-17(2,3)8-7-11-5-4-6-13-14-9-12(10-16)15(11)13/h4-6,9-10H,1-3H3. The van der Waals surface area contributed by atoms with Crippen LogP contribution in [0.25, 0.3) is 5.65 Å². The van der Waals surface area contributed by atoms with Crippen molar-refractivity contribution in [1.29, 1.82) is 0 Å². The first-order valence-corrected chi connectivity index (χ1v) is 8.96. The molecular formula is C13H14N2OSi. The summed E-state index contributed by atoms with van der Waals surface area (Å²) in [5.74, 6) is 3.16. The lowest BCUT2D eigenvalue weighted by Crippen LogP contribution is -2.16. The first-order chi connectivity index (χ1) is 8.01. The molecule has 0 atom stereocenters. The summed E-state index contributed by atoms with van der Waals surface area (Å²) < 4.78 is 1.79. The minimum Gasteiger partial charge on any atom is -0.296 e. The molecule has 0 N–H and O–H groups in total. The van der Waals surface area contributed by atoms with Gasteiger partial charge in [0.25, 0.3) is 0 Å². The highest BCUT2D eigenvalue weighted by molar-refractivity contribution is 6.83. The summed E-state index contributed by atoms with van der Waals surface area (Å²) in [5, 5.41) is 0. The van der Waals surface area contributed by atoms with Crippen molar-refractivity contribution in [2.45, 2.75) is 19.6 Å². The fourth-order valence-corrected chi connectivity index (χ4v) is 2.00. The van der Waals surface area contributed by atoms with E-state index in [1.807, 2.05) is 18.2 Å². The van der Waals surface area contributed by atoms with Gasteiger partial charge in [-0.05, 0) is 12.1 Å². The van der Waals surface area contributed by atoms with E-state index >= 15 is 0 Å². The molecule has 2 rings (SSSR count). The van der Waals surface area contributed by atoms with Crippen LogP contribution in [0.4, 0.5) is 0 Å². The minimum absolute atomic E-state index is 0.542. The Hall–Kier alpha value is -1.86. The van der Waals surface area contributed by atoms with Crippen molar-refractivity contribution in [3.05, 3.63) is 35.8 Å². The van der Waals surface area contributed by atoms with Crippen LogP contribution >= 0.6 is 0 Å². The Balaban J connectivity index is 2.64. The van der Waals surface area contributed by atoms with Crippen LogP contribution in [0.1, 0.15) is 16.2 Å². The Bertz CT molecular complexity index is 626. The van der Waals surface area contributed by atoms with Crippen LogP contribution in [-0.4, -0.2) is 23.7 Å². The molecular weight excluding hydrogens is 228 g/mol. The summed E-state index contributed by atoms with van der Waals surface area (Å²) in [5.41, 5.74) is 5.42. The van der Waals surface area contributed by atoms with Crippen molar-refractivity contribution >= 4 is 20.0 Å². The van der Waals surface area contributed by atoms with E-state index in [2.05, 4.69) is 36.1 Å². The summed E-state index contributed by atoms with van der Waals surface area (Å²) >= 11 is 0. The van der Waals surface area contributed by atoms with E-state index in [4.69, 9.17) is 0 Å². The zero-order valence-corrected chi connectivity index (χ0v) is 11.2. The monoisotopic (exact) mass is 242 g/mol. The van der Waals surface area contributed by atoms with E-state index in [0.717, 1.165) is 17.6 Å². The Labute approximate surface area is 102 Å². The summed E-state index contributed by atoms with van der Waals surface area (Å²) in [6.45, 7) is 6.57. The number of hydrogen-bond donors (Lipinski definition) is 0. The predicted molar refractivity (Wildman–Crippen MR) is 70.8 cm³/mol. The molecule has 0 saturated carbocycles. The van der Waals surface area contributed by atoms with Crippen LogP contribution in [0.2, 0.25) is 19.6 Å². The van der Waals surface area contributed by atoms with Gasteiger partial charge >= 0.3 is 0 Å². The fraction of sp³-hybridized carbons (Fsp3) is 0.231. The zero-order chi connectivity index (χ0) is 12.5. The number of aromatic nitrogens is 2. The van der Waals surface area contributed by atoms with Gasteiger partial charge in [0.1, 0.15) is 19.4 Å². The summed E-state index contributed by atoms with van der Waals surface area (Å²) in [7, 11) is -1.42. The van der Waals surface area contributed by atoms with Crippen molar-refractivity contribution in [2.75, 3.05) is 0 Å². The first kappa shape index (κ1) is 11.6. The number of carbonyl (C=O) groups excluding carboxylic acids is 1. The Morgan fingerprint density at radius 1 is 1.35 bits per heavy atom. The summed E-state index contributed by atoms with van der Waals surface area (Å²) in [6, 6.07) is 5.69. The maximum Gasteiger partial charge on any atom is 0.168 e. The number of pyridine rings is 1. The molecule has 86 valence electrons. The molecule has 0 fully saturated rings. The average molecular weight is 242 g/mol. The second kappa shape index (κ2) is 4.19. The summed E-state index contributed by atoms with van der Waals surface area (Å²) in [6.07, 6.45) is 2.38. The van der Waals surface area contributed by atoms with Crippen molar-refractivity contribution in [2.24, 2.45) is 0 Å². The van der Waals surface area contributed by atoms with E-state index in [0.29, 0.717) is 5.69 Å². The van der Waals surface area contributed by atoms with Gasteiger partial charge in [-0.25, -0.2) is 4.98 Å². The Morgan fingerprint density at radius 2 is 2.12 bits per heavy atom. The maximum atomic E-state index is 10.9. The highest BCUT2D eigenvalue weighted by atomic mass is 28.3. The number of nitrogens with zero attached hydrogens (tertiary/aromatic N) is 2. The molecule has 0 aromatic carbocycles. The van der Waals surface area contributed by atoms with Gasteiger partial charge in [0.15, 0.2) is 6.29 Å². The number of imidazole rings is 1. The van der Waals surface area contributed by atoms with E-state index in [1.54, 1.807) is 10.6 Å². The smallest absolute Gasteiger partial charge is 0.168 e. The van der Waals surface area contributed by atoms with E-state index in [-0.39, 0.29) is 0 Å². The van der Waals surface area contributed by atoms with Gasteiger partial charge in [0.2, 0.25) is 0 Å². The fourth-order valence-electron chi connectivity index (χ4n) is 1.49. The number of rotatable bonds is 1. The quantitative estimate of drug-likeness (QED) is 0.437. The molecule has 0 amide bonds. The van der Waals surface area contributed by atoms with Crippen molar-refractivity contribution in [3.8, 4) is 11.5 Å². The molecule has 0 aliphatic carbocycles. The molecule has 0 saturated heterocycles. The van der Waals surface area contributed by atoms with Crippen molar-refractivity contribution in [3.63, 3.8) is 0 Å². The molecule has 0 spiro atoms. The van der Waals surface area contributed by atoms with Crippen LogP contribution < -0.4 is 0 Å². The van der Waals surface area contributed by atoms with Crippen molar-refractivity contribution < 1.29 is 4.79 Å². The van der Waals surface area contributed by atoms with E-state index in [9.17, 15) is 4.79 Å². The van der Waals surface area contributed by atoms with Crippen LogP contribution in [-0.2, 0) is 0 Å². The predicted octanol–water partition coefficient (Wildman–Crippen LogP) is 2.38. The molecule has 0 bridgehead atoms. The van der Waals surface area contributed by atoms with Crippen molar-refractivity contribution in [1.82, 2.24) is 9.38 Å². The maximum absolute atomic E-state index is 10.9. The molecule has 0 radical (unpaired) electrons. The average Bonchev–Trinajstić information content (AvgIpc) is 2.68. The van der Waals surface area contributed by atoms with E-state index in [1.165, 1.54) is 0 Å². The Morgan fingerprint density at radius 3 is 2.76 bits per heavy atom. The third-order valence-corrected chi connectivity index (χ3v) is 3.12. The normalized spacial score (nSPS) is 11.0.